The largest absolute Gasteiger partial charge is 0.453 e. The number of anilines is 2. The van der Waals surface area contributed by atoms with Gasteiger partial charge in [-0.3, -0.25) is 0 Å². The maximum atomic E-state index is 6.29. The lowest BCUT2D eigenvalue weighted by molar-refractivity contribution is 0.475. The molecule has 32 heavy (non-hydrogen) atoms. The van der Waals surface area contributed by atoms with E-state index in [2.05, 4.69) is 65.2 Å². The molecule has 0 amide bonds. The summed E-state index contributed by atoms with van der Waals surface area (Å²) in [6, 6.07) is 12.0. The second kappa shape index (κ2) is 7.66. The highest BCUT2D eigenvalue weighted by Crippen LogP contribution is 2.51. The van der Waals surface area contributed by atoms with E-state index in [1.807, 2.05) is 24.3 Å². The lowest BCUT2D eigenvalue weighted by Crippen LogP contribution is -2.21. The molecule has 0 N–H and O–H groups in total. The molecule has 2 aromatic heterocycles. The molecule has 1 aliphatic carbocycles. The van der Waals surface area contributed by atoms with Crippen LogP contribution >= 0.6 is 0 Å². The molecule has 8 heteroatoms. The summed E-state index contributed by atoms with van der Waals surface area (Å²) in [5, 5.41) is 0. The average Bonchev–Trinajstić information content (AvgIpc) is 2.88. The van der Waals surface area contributed by atoms with Gasteiger partial charge in [0.15, 0.2) is 23.1 Å². The van der Waals surface area contributed by atoms with E-state index in [1.54, 1.807) is 0 Å². The highest BCUT2D eigenvalue weighted by Gasteiger charge is 2.28. The van der Waals surface area contributed by atoms with E-state index in [9.17, 15) is 0 Å². The molecule has 2 aromatic carbocycles. The fourth-order valence-corrected chi connectivity index (χ4v) is 3.95. The summed E-state index contributed by atoms with van der Waals surface area (Å²) in [7, 11) is 0. The fraction of sp³-hybridized carbons (Fsp3) is 0.0833. The number of aromatic nitrogens is 6. The van der Waals surface area contributed by atoms with Crippen LogP contribution in [0.5, 0.6) is 11.5 Å². The molecule has 0 fully saturated rings. The summed E-state index contributed by atoms with van der Waals surface area (Å²) < 4.78 is 6.29. The minimum absolute atomic E-state index is 0.616. The zero-order chi connectivity index (χ0) is 21.3. The van der Waals surface area contributed by atoms with Crippen molar-refractivity contribution < 1.29 is 4.74 Å². The van der Waals surface area contributed by atoms with Gasteiger partial charge in [-0.25, -0.2) is 29.9 Å². The second-order valence-corrected chi connectivity index (χ2v) is 7.35. The van der Waals surface area contributed by atoms with Gasteiger partial charge in [0, 0.05) is 16.8 Å². The van der Waals surface area contributed by atoms with E-state index < -0.39 is 0 Å². The molecule has 8 nitrogen and oxygen atoms in total. The number of rotatable bonds is 3. The first-order valence-corrected chi connectivity index (χ1v) is 10.2. The highest BCUT2D eigenvalue weighted by molar-refractivity contribution is 5.85. The molecular weight excluding hydrogens is 402 g/mol. The van der Waals surface area contributed by atoms with Gasteiger partial charge in [-0.1, -0.05) is 12.2 Å². The Labute approximate surface area is 184 Å². The van der Waals surface area contributed by atoms with Crippen LogP contribution in [-0.2, 0) is 0 Å². The van der Waals surface area contributed by atoms with E-state index in [4.69, 9.17) is 4.74 Å². The molecule has 0 bridgehead atoms. The van der Waals surface area contributed by atoms with Crippen LogP contribution in [0.2, 0.25) is 0 Å². The maximum Gasteiger partial charge on any atom is 0.162 e. The first-order valence-electron chi connectivity index (χ1n) is 10.2. The molecule has 0 unspecified atom stereocenters. The van der Waals surface area contributed by atoms with E-state index in [0.717, 1.165) is 46.8 Å². The van der Waals surface area contributed by atoms with Crippen molar-refractivity contribution in [1.82, 2.24) is 29.9 Å². The summed E-state index contributed by atoms with van der Waals surface area (Å²) in [5.74, 6) is 2.78. The molecule has 0 spiro atoms. The van der Waals surface area contributed by atoms with Gasteiger partial charge in [-0.15, -0.1) is 0 Å². The van der Waals surface area contributed by atoms with Gasteiger partial charge < -0.3 is 9.64 Å². The van der Waals surface area contributed by atoms with E-state index >= 15 is 0 Å². The number of hydrogen-bond donors (Lipinski definition) is 0. The SMILES string of the molecule is C1=CCCC(N2c3cc(-c4ncncn4)ccc3Oc3ccc(-c4ncncn4)cc32)=C1. The fourth-order valence-electron chi connectivity index (χ4n) is 3.95. The van der Waals surface area contributed by atoms with Crippen LogP contribution in [0.1, 0.15) is 12.8 Å². The van der Waals surface area contributed by atoms with Crippen LogP contribution in [0.3, 0.4) is 0 Å². The zero-order valence-corrected chi connectivity index (χ0v) is 17.0. The quantitative estimate of drug-likeness (QED) is 0.465. The summed E-state index contributed by atoms with van der Waals surface area (Å²) in [5.41, 5.74) is 4.83. The Balaban J connectivity index is 1.53. The van der Waals surface area contributed by atoms with Gasteiger partial charge in [0.25, 0.3) is 0 Å². The number of ether oxygens (including phenoxy) is 1. The van der Waals surface area contributed by atoms with Gasteiger partial charge in [0.05, 0.1) is 11.4 Å². The lowest BCUT2D eigenvalue weighted by Gasteiger charge is -2.35. The number of benzene rings is 2. The highest BCUT2D eigenvalue weighted by atomic mass is 16.5. The molecule has 154 valence electrons. The third-order valence-electron chi connectivity index (χ3n) is 5.40. The van der Waals surface area contributed by atoms with Crippen molar-refractivity contribution in [3.05, 3.63) is 85.6 Å². The Morgan fingerprint density at radius 1 is 0.719 bits per heavy atom. The number of nitrogens with zero attached hydrogens (tertiary/aromatic N) is 7. The Hall–Kier alpha value is -4.46. The van der Waals surface area contributed by atoms with Crippen LogP contribution in [0.4, 0.5) is 11.4 Å². The third kappa shape index (κ3) is 3.18. The standard InChI is InChI=1S/C24H17N7O/c1-2-4-18(5-3-1)31-19-10-16(23-27-12-25-13-28-23)6-8-21(19)32-22-9-7-17(11-20(22)31)24-29-14-26-15-30-24/h1-2,4,6-15H,3,5H2. The number of allylic oxidation sites excluding steroid dienone is 4. The summed E-state index contributed by atoms with van der Waals surface area (Å²) in [4.78, 5) is 27.3. The maximum absolute atomic E-state index is 6.29. The molecule has 6 rings (SSSR count). The Kier molecular flexibility index (Phi) is 4.39. The van der Waals surface area contributed by atoms with Crippen LogP contribution in [0, 0.1) is 0 Å². The van der Waals surface area contributed by atoms with Crippen molar-refractivity contribution in [1.29, 1.82) is 0 Å². The Morgan fingerprint density at radius 2 is 1.28 bits per heavy atom. The van der Waals surface area contributed by atoms with Gasteiger partial charge in [0.2, 0.25) is 0 Å². The van der Waals surface area contributed by atoms with Gasteiger partial charge in [-0.05, 0) is 55.3 Å². The van der Waals surface area contributed by atoms with Gasteiger partial charge in [0.1, 0.15) is 25.3 Å². The molecule has 3 heterocycles. The normalized spacial score (nSPS) is 14.2. The third-order valence-corrected chi connectivity index (χ3v) is 5.40. The van der Waals surface area contributed by atoms with Crippen molar-refractivity contribution in [3.63, 3.8) is 0 Å². The van der Waals surface area contributed by atoms with Crippen molar-refractivity contribution >= 4 is 11.4 Å². The molecular formula is C24H17N7O. The molecule has 1 aliphatic heterocycles. The van der Waals surface area contributed by atoms with Gasteiger partial charge >= 0.3 is 0 Å². The summed E-state index contributed by atoms with van der Waals surface area (Å²) >= 11 is 0. The molecule has 4 aromatic rings. The predicted molar refractivity (Wildman–Crippen MR) is 119 cm³/mol. The molecule has 0 saturated carbocycles. The molecule has 2 aliphatic rings. The number of hydrogen-bond acceptors (Lipinski definition) is 8. The minimum atomic E-state index is 0.616. The zero-order valence-electron chi connectivity index (χ0n) is 17.0. The van der Waals surface area contributed by atoms with Crippen molar-refractivity contribution in [2.45, 2.75) is 12.8 Å². The average molecular weight is 419 g/mol. The second-order valence-electron chi connectivity index (χ2n) is 7.35. The van der Waals surface area contributed by atoms with Crippen molar-refractivity contribution in [3.8, 4) is 34.3 Å². The molecule has 0 atom stereocenters. The molecule has 0 saturated heterocycles. The first-order chi connectivity index (χ1) is 15.9. The number of fused-ring (bicyclic) bond motifs is 2. The topological polar surface area (TPSA) is 89.8 Å². The van der Waals surface area contributed by atoms with Crippen molar-refractivity contribution in [2.75, 3.05) is 4.90 Å². The summed E-state index contributed by atoms with van der Waals surface area (Å²) in [6.45, 7) is 0. The smallest absolute Gasteiger partial charge is 0.162 e. The van der Waals surface area contributed by atoms with E-state index in [0.29, 0.717) is 11.6 Å². The van der Waals surface area contributed by atoms with Crippen LogP contribution in [-0.4, -0.2) is 29.9 Å². The molecule has 0 radical (unpaired) electrons. The predicted octanol–water partition coefficient (Wildman–Crippen LogP) is 4.87. The van der Waals surface area contributed by atoms with Gasteiger partial charge in [-0.2, -0.15) is 0 Å². The van der Waals surface area contributed by atoms with E-state index in [1.165, 1.54) is 31.0 Å². The lowest BCUT2D eigenvalue weighted by atomic mass is 10.0. The Bertz CT molecular complexity index is 1260. The first kappa shape index (κ1) is 18.3. The van der Waals surface area contributed by atoms with Crippen LogP contribution in [0.15, 0.2) is 85.6 Å². The monoisotopic (exact) mass is 419 g/mol. The van der Waals surface area contributed by atoms with E-state index in [-0.39, 0.29) is 0 Å². The summed E-state index contributed by atoms with van der Waals surface area (Å²) in [6.07, 6.45) is 14.3. The van der Waals surface area contributed by atoms with Crippen LogP contribution < -0.4 is 9.64 Å². The van der Waals surface area contributed by atoms with Crippen LogP contribution in [0.25, 0.3) is 22.8 Å². The van der Waals surface area contributed by atoms with Crippen molar-refractivity contribution in [2.24, 2.45) is 0 Å². The Morgan fingerprint density at radius 3 is 1.78 bits per heavy atom. The minimum Gasteiger partial charge on any atom is -0.453 e.